The summed E-state index contributed by atoms with van der Waals surface area (Å²) in [6.07, 6.45) is 1.92. The highest BCUT2D eigenvalue weighted by molar-refractivity contribution is 7.11. The lowest BCUT2D eigenvalue weighted by molar-refractivity contribution is 0.416. The van der Waals surface area contributed by atoms with Crippen LogP contribution < -0.4 is 10.1 Å². The summed E-state index contributed by atoms with van der Waals surface area (Å²) in [6.45, 7) is 9.44. The zero-order valence-electron chi connectivity index (χ0n) is 12.8. The van der Waals surface area contributed by atoms with Crippen molar-refractivity contribution in [2.45, 2.75) is 39.7 Å². The topological polar surface area (TPSA) is 34.1 Å². The minimum atomic E-state index is 0.129. The largest absolute Gasteiger partial charge is 0.495 e. The molecule has 1 N–H and O–H groups in total. The summed E-state index contributed by atoms with van der Waals surface area (Å²) in [5.74, 6) is 0.874. The fourth-order valence-corrected chi connectivity index (χ4v) is 2.72. The molecule has 2 rings (SSSR count). The van der Waals surface area contributed by atoms with E-state index < -0.39 is 0 Å². The molecule has 0 atom stereocenters. The van der Waals surface area contributed by atoms with Gasteiger partial charge in [0.25, 0.3) is 0 Å². The van der Waals surface area contributed by atoms with Crippen molar-refractivity contribution < 1.29 is 4.74 Å². The van der Waals surface area contributed by atoms with Gasteiger partial charge in [0.15, 0.2) is 0 Å². The Bertz CT molecular complexity index is 584. The Balaban J connectivity index is 2.20. The standard InChI is InChI=1S/C16H22N2OS/c1-11-17-9-13(20-11)10-18-14-8-12(16(2,3)4)6-7-15(14)19-5/h6-9,18H,10H2,1-5H3. The number of aryl methyl sites for hydroxylation is 1. The molecule has 4 heteroatoms. The van der Waals surface area contributed by atoms with Gasteiger partial charge in [0.2, 0.25) is 0 Å². The number of hydrogen-bond acceptors (Lipinski definition) is 4. The van der Waals surface area contributed by atoms with Crippen LogP contribution in [0.25, 0.3) is 0 Å². The molecule has 20 heavy (non-hydrogen) atoms. The molecule has 0 aliphatic heterocycles. The second-order valence-corrected chi connectivity index (χ2v) is 7.18. The predicted molar refractivity (Wildman–Crippen MR) is 85.9 cm³/mol. The highest BCUT2D eigenvalue weighted by Crippen LogP contribution is 2.31. The molecule has 0 unspecified atom stereocenters. The van der Waals surface area contributed by atoms with Crippen LogP contribution in [0.1, 0.15) is 36.2 Å². The van der Waals surface area contributed by atoms with Gasteiger partial charge in [0.1, 0.15) is 5.75 Å². The van der Waals surface area contributed by atoms with Crippen LogP contribution in [0, 0.1) is 6.92 Å². The maximum absolute atomic E-state index is 5.43. The third-order valence-electron chi connectivity index (χ3n) is 3.19. The van der Waals surface area contributed by atoms with Gasteiger partial charge in [-0.3, -0.25) is 0 Å². The van der Waals surface area contributed by atoms with Crippen LogP contribution in [0.15, 0.2) is 24.4 Å². The SMILES string of the molecule is COc1ccc(C(C)(C)C)cc1NCc1cnc(C)s1. The lowest BCUT2D eigenvalue weighted by Gasteiger charge is -2.21. The molecule has 0 spiro atoms. The molecule has 108 valence electrons. The van der Waals surface area contributed by atoms with E-state index in [1.807, 2.05) is 19.2 Å². The highest BCUT2D eigenvalue weighted by Gasteiger charge is 2.15. The Morgan fingerprint density at radius 2 is 2.05 bits per heavy atom. The van der Waals surface area contributed by atoms with E-state index >= 15 is 0 Å². The first kappa shape index (κ1) is 14.9. The van der Waals surface area contributed by atoms with Crippen LogP contribution in [0.3, 0.4) is 0 Å². The lowest BCUT2D eigenvalue weighted by Crippen LogP contribution is -2.12. The van der Waals surface area contributed by atoms with Crippen molar-refractivity contribution >= 4 is 17.0 Å². The smallest absolute Gasteiger partial charge is 0.141 e. The minimum absolute atomic E-state index is 0.129. The first-order valence-corrected chi connectivity index (χ1v) is 7.55. The summed E-state index contributed by atoms with van der Waals surface area (Å²) in [5, 5.41) is 4.55. The Morgan fingerprint density at radius 3 is 2.60 bits per heavy atom. The van der Waals surface area contributed by atoms with Crippen molar-refractivity contribution in [3.63, 3.8) is 0 Å². The van der Waals surface area contributed by atoms with Crippen molar-refractivity contribution in [1.82, 2.24) is 4.98 Å². The van der Waals surface area contributed by atoms with E-state index in [2.05, 4.69) is 43.2 Å². The number of nitrogens with one attached hydrogen (secondary N) is 1. The number of nitrogens with zero attached hydrogens (tertiary/aromatic N) is 1. The average Bonchev–Trinajstić information content (AvgIpc) is 2.80. The molecular weight excluding hydrogens is 268 g/mol. The molecule has 1 heterocycles. The number of methoxy groups -OCH3 is 1. The van der Waals surface area contributed by atoms with Crippen molar-refractivity contribution in [2.24, 2.45) is 0 Å². The molecule has 0 aliphatic rings. The van der Waals surface area contributed by atoms with Crippen molar-refractivity contribution in [2.75, 3.05) is 12.4 Å². The van der Waals surface area contributed by atoms with Gasteiger partial charge in [-0.05, 0) is 30.0 Å². The van der Waals surface area contributed by atoms with Crippen LogP contribution >= 0.6 is 11.3 Å². The van der Waals surface area contributed by atoms with E-state index in [9.17, 15) is 0 Å². The summed E-state index contributed by atoms with van der Waals surface area (Å²) >= 11 is 1.72. The average molecular weight is 290 g/mol. The monoisotopic (exact) mass is 290 g/mol. The summed E-state index contributed by atoms with van der Waals surface area (Å²) in [6, 6.07) is 6.33. The lowest BCUT2D eigenvalue weighted by atomic mass is 9.87. The van der Waals surface area contributed by atoms with Gasteiger partial charge in [-0.2, -0.15) is 0 Å². The number of rotatable bonds is 4. The van der Waals surface area contributed by atoms with Crippen LogP contribution in [0.5, 0.6) is 5.75 Å². The molecule has 3 nitrogen and oxygen atoms in total. The molecule has 0 amide bonds. The van der Waals surface area contributed by atoms with E-state index in [0.717, 1.165) is 23.0 Å². The third-order valence-corrected chi connectivity index (χ3v) is 4.10. The number of ether oxygens (including phenoxy) is 1. The summed E-state index contributed by atoms with van der Waals surface area (Å²) < 4.78 is 5.43. The first-order chi connectivity index (χ1) is 9.40. The third kappa shape index (κ3) is 3.51. The Labute approximate surface area is 125 Å². The van der Waals surface area contributed by atoms with E-state index in [-0.39, 0.29) is 5.41 Å². The molecule has 0 saturated heterocycles. The maximum atomic E-state index is 5.43. The number of hydrogen-bond donors (Lipinski definition) is 1. The minimum Gasteiger partial charge on any atom is -0.495 e. The van der Waals surface area contributed by atoms with Gasteiger partial charge in [-0.15, -0.1) is 11.3 Å². The molecule has 0 aliphatic carbocycles. The van der Waals surface area contributed by atoms with Gasteiger partial charge in [0, 0.05) is 11.1 Å². The Morgan fingerprint density at radius 1 is 1.30 bits per heavy atom. The Kier molecular flexibility index (Phi) is 4.33. The molecule has 0 bridgehead atoms. The van der Waals surface area contributed by atoms with E-state index in [1.165, 1.54) is 10.4 Å². The van der Waals surface area contributed by atoms with Gasteiger partial charge < -0.3 is 10.1 Å². The number of anilines is 1. The quantitative estimate of drug-likeness (QED) is 0.908. The van der Waals surface area contributed by atoms with Crippen LogP contribution in [0.4, 0.5) is 5.69 Å². The number of benzene rings is 1. The fraction of sp³-hybridized carbons (Fsp3) is 0.438. The van der Waals surface area contributed by atoms with Crippen LogP contribution in [0.2, 0.25) is 0 Å². The Hall–Kier alpha value is -1.55. The van der Waals surface area contributed by atoms with Crippen LogP contribution in [-0.4, -0.2) is 12.1 Å². The van der Waals surface area contributed by atoms with Crippen molar-refractivity contribution in [3.05, 3.63) is 39.8 Å². The first-order valence-electron chi connectivity index (χ1n) is 6.74. The second-order valence-electron chi connectivity index (χ2n) is 5.86. The molecule has 1 aromatic heterocycles. The molecule has 2 aromatic rings. The van der Waals surface area contributed by atoms with E-state index in [4.69, 9.17) is 4.74 Å². The zero-order valence-corrected chi connectivity index (χ0v) is 13.6. The second kappa shape index (κ2) is 5.83. The molecule has 1 aromatic carbocycles. The van der Waals surface area contributed by atoms with Gasteiger partial charge in [-0.25, -0.2) is 4.98 Å². The molecule has 0 radical (unpaired) electrons. The number of aromatic nitrogens is 1. The zero-order chi connectivity index (χ0) is 14.8. The van der Waals surface area contributed by atoms with Gasteiger partial charge in [0.05, 0.1) is 24.3 Å². The summed E-state index contributed by atoms with van der Waals surface area (Å²) in [5.41, 5.74) is 2.45. The maximum Gasteiger partial charge on any atom is 0.141 e. The number of thiazole rings is 1. The van der Waals surface area contributed by atoms with Gasteiger partial charge in [-0.1, -0.05) is 26.8 Å². The molecular formula is C16H22N2OS. The molecule has 0 fully saturated rings. The van der Waals surface area contributed by atoms with E-state index in [1.54, 1.807) is 18.4 Å². The van der Waals surface area contributed by atoms with Crippen LogP contribution in [-0.2, 0) is 12.0 Å². The van der Waals surface area contributed by atoms with Crippen molar-refractivity contribution in [1.29, 1.82) is 0 Å². The summed E-state index contributed by atoms with van der Waals surface area (Å²) in [4.78, 5) is 5.50. The van der Waals surface area contributed by atoms with Gasteiger partial charge >= 0.3 is 0 Å². The fourth-order valence-electron chi connectivity index (χ4n) is 1.98. The summed E-state index contributed by atoms with van der Waals surface area (Å²) in [7, 11) is 1.70. The predicted octanol–water partition coefficient (Wildman–Crippen LogP) is 4.37. The van der Waals surface area contributed by atoms with Crippen molar-refractivity contribution in [3.8, 4) is 5.75 Å². The molecule has 0 saturated carbocycles. The highest BCUT2D eigenvalue weighted by atomic mass is 32.1. The normalized spacial score (nSPS) is 11.4. The van der Waals surface area contributed by atoms with E-state index in [0.29, 0.717) is 0 Å².